The van der Waals surface area contributed by atoms with E-state index in [-0.39, 0.29) is 10.8 Å². The molecule has 142 valence electrons. The number of carbonyl (C=O) groups is 1. The van der Waals surface area contributed by atoms with Crippen molar-refractivity contribution < 1.29 is 17.9 Å². The molecule has 0 atom stereocenters. The van der Waals surface area contributed by atoms with Crippen molar-refractivity contribution in [1.82, 2.24) is 4.57 Å². The number of sulfone groups is 1. The molecule has 0 N–H and O–H groups in total. The Morgan fingerprint density at radius 1 is 1.19 bits per heavy atom. The lowest BCUT2D eigenvalue weighted by molar-refractivity contribution is 0.0997. The van der Waals surface area contributed by atoms with Gasteiger partial charge in [-0.2, -0.15) is 4.99 Å². The summed E-state index contributed by atoms with van der Waals surface area (Å²) < 4.78 is 31.5. The number of ether oxygens (including phenoxy) is 1. The lowest BCUT2D eigenvalue weighted by Crippen LogP contribution is -2.16. The standard InChI is InChI=1S/C19H20N2O4S2/c1-4-11-21-16-10-9-15(27(3,23)24)12-17(16)26-19(21)20-18(22)13-5-7-14(25-2)8-6-13/h5-10,12H,4,11H2,1-3H3. The molecular weight excluding hydrogens is 384 g/mol. The highest BCUT2D eigenvalue weighted by molar-refractivity contribution is 7.90. The lowest BCUT2D eigenvalue weighted by Gasteiger charge is -2.04. The maximum Gasteiger partial charge on any atom is 0.279 e. The van der Waals surface area contributed by atoms with Crippen LogP contribution in [-0.2, 0) is 16.4 Å². The van der Waals surface area contributed by atoms with E-state index in [0.29, 0.717) is 22.7 Å². The summed E-state index contributed by atoms with van der Waals surface area (Å²) in [5.74, 6) is 0.320. The van der Waals surface area contributed by atoms with Crippen LogP contribution in [0.1, 0.15) is 23.7 Å². The number of fused-ring (bicyclic) bond motifs is 1. The van der Waals surface area contributed by atoms with E-state index >= 15 is 0 Å². The number of thiazole rings is 1. The zero-order valence-electron chi connectivity index (χ0n) is 15.3. The first-order valence-electron chi connectivity index (χ1n) is 8.40. The third kappa shape index (κ3) is 4.12. The monoisotopic (exact) mass is 404 g/mol. The molecule has 6 nitrogen and oxygen atoms in total. The Morgan fingerprint density at radius 3 is 2.48 bits per heavy atom. The second kappa shape index (κ2) is 7.66. The number of aryl methyl sites for hydroxylation is 1. The van der Waals surface area contributed by atoms with Crippen molar-refractivity contribution in [2.75, 3.05) is 13.4 Å². The molecule has 3 aromatic rings. The van der Waals surface area contributed by atoms with Gasteiger partial charge >= 0.3 is 0 Å². The fourth-order valence-corrected chi connectivity index (χ4v) is 4.51. The average molecular weight is 405 g/mol. The third-order valence-electron chi connectivity index (χ3n) is 4.06. The summed E-state index contributed by atoms with van der Waals surface area (Å²) in [5, 5.41) is 0. The molecule has 0 aliphatic carbocycles. The minimum Gasteiger partial charge on any atom is -0.497 e. The van der Waals surface area contributed by atoms with Gasteiger partial charge in [0.2, 0.25) is 0 Å². The Bertz CT molecular complexity index is 1160. The van der Waals surface area contributed by atoms with Crippen molar-refractivity contribution in [2.45, 2.75) is 24.8 Å². The summed E-state index contributed by atoms with van der Waals surface area (Å²) in [6.45, 7) is 2.73. The quantitative estimate of drug-likeness (QED) is 0.654. The van der Waals surface area contributed by atoms with Gasteiger partial charge in [0.05, 0.1) is 22.2 Å². The first-order valence-corrected chi connectivity index (χ1v) is 11.1. The van der Waals surface area contributed by atoms with Crippen LogP contribution in [0.4, 0.5) is 0 Å². The van der Waals surface area contributed by atoms with E-state index in [1.807, 2.05) is 11.5 Å². The molecule has 1 heterocycles. The largest absolute Gasteiger partial charge is 0.497 e. The van der Waals surface area contributed by atoms with Crippen molar-refractivity contribution in [2.24, 2.45) is 4.99 Å². The zero-order valence-corrected chi connectivity index (χ0v) is 16.9. The maximum absolute atomic E-state index is 12.6. The van der Waals surface area contributed by atoms with Gasteiger partial charge in [-0.15, -0.1) is 0 Å². The van der Waals surface area contributed by atoms with E-state index in [1.54, 1.807) is 49.6 Å². The van der Waals surface area contributed by atoms with Crippen molar-refractivity contribution in [1.29, 1.82) is 0 Å². The summed E-state index contributed by atoms with van der Waals surface area (Å²) in [6, 6.07) is 11.8. The smallest absolute Gasteiger partial charge is 0.279 e. The van der Waals surface area contributed by atoms with Crippen LogP contribution in [0, 0.1) is 0 Å². The number of hydrogen-bond acceptors (Lipinski definition) is 5. The van der Waals surface area contributed by atoms with Crippen molar-refractivity contribution in [3.05, 3.63) is 52.8 Å². The second-order valence-corrected chi connectivity index (χ2v) is 9.11. The van der Waals surface area contributed by atoms with Crippen LogP contribution in [0.3, 0.4) is 0 Å². The Labute approximate surface area is 161 Å². The fraction of sp³-hybridized carbons (Fsp3) is 0.263. The molecule has 3 rings (SSSR count). The normalized spacial score (nSPS) is 12.5. The number of benzene rings is 2. The first-order chi connectivity index (χ1) is 12.8. The van der Waals surface area contributed by atoms with E-state index in [0.717, 1.165) is 16.6 Å². The summed E-state index contributed by atoms with van der Waals surface area (Å²) in [7, 11) is -1.73. The number of aromatic nitrogens is 1. The predicted octanol–water partition coefficient (Wildman–Crippen LogP) is 3.27. The molecule has 27 heavy (non-hydrogen) atoms. The van der Waals surface area contributed by atoms with Crippen LogP contribution < -0.4 is 9.54 Å². The summed E-state index contributed by atoms with van der Waals surface area (Å²) >= 11 is 1.31. The van der Waals surface area contributed by atoms with Crippen LogP contribution in [0.25, 0.3) is 10.2 Å². The SMILES string of the molecule is CCCn1c(=NC(=O)c2ccc(OC)cc2)sc2cc(S(C)(=O)=O)ccc21. The van der Waals surface area contributed by atoms with Gasteiger partial charge in [0, 0.05) is 18.4 Å². The van der Waals surface area contributed by atoms with Gasteiger partial charge in [0.1, 0.15) is 5.75 Å². The van der Waals surface area contributed by atoms with E-state index in [1.165, 1.54) is 17.6 Å². The van der Waals surface area contributed by atoms with Gasteiger partial charge in [-0.3, -0.25) is 4.79 Å². The van der Waals surface area contributed by atoms with Crippen molar-refractivity contribution in [3.63, 3.8) is 0 Å². The van der Waals surface area contributed by atoms with E-state index in [4.69, 9.17) is 4.74 Å². The summed E-state index contributed by atoms with van der Waals surface area (Å²) in [4.78, 5) is 17.7. The van der Waals surface area contributed by atoms with Crippen molar-refractivity contribution >= 4 is 37.3 Å². The van der Waals surface area contributed by atoms with Crippen LogP contribution in [0.2, 0.25) is 0 Å². The summed E-state index contributed by atoms with van der Waals surface area (Å²) in [5.41, 5.74) is 1.34. The summed E-state index contributed by atoms with van der Waals surface area (Å²) in [6.07, 6.45) is 2.05. The molecule has 0 saturated heterocycles. The predicted molar refractivity (Wildman–Crippen MR) is 106 cm³/mol. The highest BCUT2D eigenvalue weighted by atomic mass is 32.2. The number of carbonyl (C=O) groups excluding carboxylic acids is 1. The molecule has 1 amide bonds. The fourth-order valence-electron chi connectivity index (χ4n) is 2.69. The van der Waals surface area contributed by atoms with Crippen LogP contribution in [-0.4, -0.2) is 32.3 Å². The molecule has 0 aliphatic heterocycles. The van der Waals surface area contributed by atoms with Gasteiger partial charge in [-0.25, -0.2) is 8.42 Å². The van der Waals surface area contributed by atoms with Gasteiger partial charge in [-0.05, 0) is 48.9 Å². The average Bonchev–Trinajstić information content (AvgIpc) is 2.98. The Morgan fingerprint density at radius 2 is 1.89 bits per heavy atom. The maximum atomic E-state index is 12.6. The molecule has 1 aromatic heterocycles. The van der Waals surface area contributed by atoms with Crippen molar-refractivity contribution in [3.8, 4) is 5.75 Å². The third-order valence-corrected chi connectivity index (χ3v) is 6.22. The van der Waals surface area contributed by atoms with E-state index < -0.39 is 9.84 Å². The highest BCUT2D eigenvalue weighted by Gasteiger charge is 2.13. The number of rotatable bonds is 5. The van der Waals surface area contributed by atoms with E-state index in [9.17, 15) is 13.2 Å². The molecule has 0 spiro atoms. The Kier molecular flexibility index (Phi) is 5.48. The number of nitrogens with zero attached hydrogens (tertiary/aromatic N) is 2. The molecule has 0 radical (unpaired) electrons. The molecule has 0 unspecified atom stereocenters. The van der Waals surface area contributed by atoms with Crippen LogP contribution in [0.15, 0.2) is 52.4 Å². The topological polar surface area (TPSA) is 77.7 Å². The van der Waals surface area contributed by atoms with E-state index in [2.05, 4.69) is 4.99 Å². The minimum atomic E-state index is -3.29. The van der Waals surface area contributed by atoms with Crippen LogP contribution in [0.5, 0.6) is 5.75 Å². The number of methoxy groups -OCH3 is 1. The van der Waals surface area contributed by atoms with Gasteiger partial charge < -0.3 is 9.30 Å². The molecule has 0 saturated carbocycles. The number of hydrogen-bond donors (Lipinski definition) is 0. The lowest BCUT2D eigenvalue weighted by atomic mass is 10.2. The molecule has 0 bridgehead atoms. The van der Waals surface area contributed by atoms with Gasteiger partial charge in [0.25, 0.3) is 5.91 Å². The zero-order chi connectivity index (χ0) is 19.6. The first kappa shape index (κ1) is 19.3. The molecule has 8 heteroatoms. The molecule has 0 aliphatic rings. The molecular formula is C19H20N2O4S2. The Hall–Kier alpha value is -2.45. The van der Waals surface area contributed by atoms with Gasteiger partial charge in [-0.1, -0.05) is 18.3 Å². The molecule has 2 aromatic carbocycles. The second-order valence-electron chi connectivity index (χ2n) is 6.08. The van der Waals surface area contributed by atoms with Crippen LogP contribution >= 0.6 is 11.3 Å². The minimum absolute atomic E-state index is 0.257. The van der Waals surface area contributed by atoms with Gasteiger partial charge in [0.15, 0.2) is 14.6 Å². The Balaban J connectivity index is 2.12. The highest BCUT2D eigenvalue weighted by Crippen LogP contribution is 2.22. The molecule has 0 fully saturated rings. The number of amides is 1.